The minimum atomic E-state index is -0.0875. The van der Waals surface area contributed by atoms with Crippen molar-refractivity contribution < 1.29 is 9.84 Å². The first-order valence-corrected chi connectivity index (χ1v) is 4.59. The maximum atomic E-state index is 8.90. The predicted octanol–water partition coefficient (Wildman–Crippen LogP) is 1.42. The Kier molecular flexibility index (Phi) is 2.38. The van der Waals surface area contributed by atoms with E-state index in [2.05, 4.69) is 4.98 Å². The lowest BCUT2D eigenvalue weighted by molar-refractivity contribution is 0.0974. The van der Waals surface area contributed by atoms with Crippen molar-refractivity contribution in [1.29, 1.82) is 0 Å². The quantitative estimate of drug-likeness (QED) is 0.696. The highest BCUT2D eigenvalue weighted by Crippen LogP contribution is 2.28. The van der Waals surface area contributed by atoms with Gasteiger partial charge in [-0.3, -0.25) is 0 Å². The normalized spacial score (nSPS) is 20.6. The van der Waals surface area contributed by atoms with E-state index in [0.29, 0.717) is 5.15 Å². The molecule has 3 nitrogen and oxygen atoms in total. The van der Waals surface area contributed by atoms with Crippen molar-refractivity contribution in [3.05, 3.63) is 23.0 Å². The van der Waals surface area contributed by atoms with Crippen LogP contribution in [-0.4, -0.2) is 22.8 Å². The molecular formula is C9H10ClNO2. The Morgan fingerprint density at radius 2 is 2.54 bits per heavy atom. The number of aromatic nitrogens is 1. The fraction of sp³-hybridized carbons (Fsp3) is 0.444. The summed E-state index contributed by atoms with van der Waals surface area (Å²) < 4.78 is 5.46. The third kappa shape index (κ3) is 1.76. The van der Waals surface area contributed by atoms with E-state index in [0.717, 1.165) is 24.2 Å². The van der Waals surface area contributed by atoms with Gasteiger partial charge in [0.2, 0.25) is 0 Å². The fourth-order valence-corrected chi connectivity index (χ4v) is 1.62. The number of halogens is 1. The molecular weight excluding hydrogens is 190 g/mol. The van der Waals surface area contributed by atoms with Gasteiger partial charge in [-0.05, 0) is 24.5 Å². The number of pyridine rings is 1. The smallest absolute Gasteiger partial charge is 0.141 e. The van der Waals surface area contributed by atoms with Crippen LogP contribution in [0, 0.1) is 0 Å². The first kappa shape index (κ1) is 8.78. The minimum Gasteiger partial charge on any atom is -0.486 e. The zero-order valence-electron chi connectivity index (χ0n) is 7.03. The molecule has 0 bridgehead atoms. The van der Waals surface area contributed by atoms with Crippen LogP contribution >= 0.6 is 11.6 Å². The summed E-state index contributed by atoms with van der Waals surface area (Å²) in [5, 5.41) is 9.39. The van der Waals surface area contributed by atoms with E-state index in [1.807, 2.05) is 6.07 Å². The minimum absolute atomic E-state index is 0.0576. The molecule has 0 spiro atoms. The second-order valence-corrected chi connectivity index (χ2v) is 3.46. The van der Waals surface area contributed by atoms with Gasteiger partial charge in [0.1, 0.15) is 17.0 Å². The fourth-order valence-electron chi connectivity index (χ4n) is 1.44. The average Bonchev–Trinajstić information content (AvgIpc) is 2.17. The maximum Gasteiger partial charge on any atom is 0.141 e. The van der Waals surface area contributed by atoms with Crippen molar-refractivity contribution in [2.45, 2.75) is 18.9 Å². The van der Waals surface area contributed by atoms with E-state index in [1.165, 1.54) is 0 Å². The molecule has 0 radical (unpaired) electrons. The maximum absolute atomic E-state index is 8.90. The molecule has 1 unspecified atom stereocenters. The number of aliphatic hydroxyl groups is 1. The largest absolute Gasteiger partial charge is 0.486 e. The van der Waals surface area contributed by atoms with Gasteiger partial charge in [-0.15, -0.1) is 0 Å². The lowest BCUT2D eigenvalue weighted by Crippen LogP contribution is -2.26. The number of fused-ring (bicyclic) bond motifs is 1. The first-order valence-electron chi connectivity index (χ1n) is 4.21. The van der Waals surface area contributed by atoms with Crippen LogP contribution in [0.25, 0.3) is 0 Å². The molecule has 4 heteroatoms. The number of aryl methyl sites for hydroxylation is 1. The van der Waals surface area contributed by atoms with Crippen LogP contribution in [0.15, 0.2) is 12.3 Å². The molecule has 2 rings (SSSR count). The molecule has 13 heavy (non-hydrogen) atoms. The second-order valence-electron chi connectivity index (χ2n) is 3.08. The molecule has 0 aliphatic carbocycles. The van der Waals surface area contributed by atoms with E-state index in [-0.39, 0.29) is 12.7 Å². The molecule has 1 aromatic rings. The van der Waals surface area contributed by atoms with Gasteiger partial charge in [0.15, 0.2) is 0 Å². The number of hydrogen-bond donors (Lipinski definition) is 1. The third-order valence-electron chi connectivity index (χ3n) is 2.15. The van der Waals surface area contributed by atoms with Gasteiger partial charge in [0.05, 0.1) is 12.8 Å². The molecule has 0 saturated carbocycles. The Hall–Kier alpha value is -0.800. The molecule has 0 fully saturated rings. The van der Waals surface area contributed by atoms with Gasteiger partial charge in [-0.1, -0.05) is 11.6 Å². The van der Waals surface area contributed by atoms with Crippen molar-refractivity contribution in [3.63, 3.8) is 0 Å². The molecule has 2 heterocycles. The van der Waals surface area contributed by atoms with Crippen LogP contribution in [0.1, 0.15) is 12.0 Å². The molecule has 1 atom stereocenters. The van der Waals surface area contributed by atoms with Crippen molar-refractivity contribution in [2.75, 3.05) is 6.61 Å². The van der Waals surface area contributed by atoms with E-state index in [9.17, 15) is 0 Å². The number of ether oxygens (including phenoxy) is 1. The lowest BCUT2D eigenvalue weighted by Gasteiger charge is -2.24. The van der Waals surface area contributed by atoms with Crippen molar-refractivity contribution in [3.8, 4) is 5.75 Å². The third-order valence-corrected chi connectivity index (χ3v) is 2.35. The Bertz CT molecular complexity index is 316. The molecule has 0 amide bonds. The SMILES string of the molecule is OCC1CCc2cc(Cl)ncc2O1. The van der Waals surface area contributed by atoms with Crippen LogP contribution in [0.3, 0.4) is 0 Å². The van der Waals surface area contributed by atoms with Crippen LogP contribution < -0.4 is 4.74 Å². The van der Waals surface area contributed by atoms with Gasteiger partial charge < -0.3 is 9.84 Å². The average molecular weight is 200 g/mol. The van der Waals surface area contributed by atoms with Crippen molar-refractivity contribution >= 4 is 11.6 Å². The highest BCUT2D eigenvalue weighted by Gasteiger charge is 2.19. The van der Waals surface area contributed by atoms with Gasteiger partial charge >= 0.3 is 0 Å². The molecule has 1 aromatic heterocycles. The number of nitrogens with zero attached hydrogens (tertiary/aromatic N) is 1. The zero-order valence-corrected chi connectivity index (χ0v) is 7.79. The van der Waals surface area contributed by atoms with Crippen molar-refractivity contribution in [1.82, 2.24) is 4.98 Å². The van der Waals surface area contributed by atoms with E-state index >= 15 is 0 Å². The number of aliphatic hydroxyl groups excluding tert-OH is 1. The topological polar surface area (TPSA) is 42.4 Å². The Labute approximate surface area is 81.3 Å². The van der Waals surface area contributed by atoms with Crippen molar-refractivity contribution in [2.24, 2.45) is 0 Å². The molecule has 70 valence electrons. The van der Waals surface area contributed by atoms with Crippen LogP contribution in [0.4, 0.5) is 0 Å². The summed E-state index contributed by atoms with van der Waals surface area (Å²) in [6, 6.07) is 1.81. The van der Waals surface area contributed by atoms with Crippen LogP contribution in [0.5, 0.6) is 5.75 Å². The van der Waals surface area contributed by atoms with E-state index in [1.54, 1.807) is 6.20 Å². The highest BCUT2D eigenvalue weighted by atomic mass is 35.5. The Morgan fingerprint density at radius 3 is 3.31 bits per heavy atom. The van der Waals surface area contributed by atoms with Gasteiger partial charge in [-0.25, -0.2) is 4.98 Å². The van der Waals surface area contributed by atoms with Gasteiger partial charge in [0, 0.05) is 0 Å². The molecule has 1 aliphatic rings. The number of rotatable bonds is 1. The highest BCUT2D eigenvalue weighted by molar-refractivity contribution is 6.29. The summed E-state index contributed by atoms with van der Waals surface area (Å²) in [7, 11) is 0. The molecule has 0 saturated heterocycles. The summed E-state index contributed by atoms with van der Waals surface area (Å²) in [4.78, 5) is 3.92. The monoisotopic (exact) mass is 199 g/mol. The molecule has 1 N–H and O–H groups in total. The Morgan fingerprint density at radius 1 is 1.69 bits per heavy atom. The summed E-state index contributed by atoms with van der Waals surface area (Å²) >= 11 is 5.73. The standard InChI is InChI=1S/C9H10ClNO2/c10-9-3-6-1-2-7(5-12)13-8(6)4-11-9/h3-4,7,12H,1-2,5H2. The Balaban J connectivity index is 2.26. The summed E-state index contributed by atoms with van der Waals surface area (Å²) in [5.41, 5.74) is 1.07. The summed E-state index contributed by atoms with van der Waals surface area (Å²) in [6.07, 6.45) is 3.25. The summed E-state index contributed by atoms with van der Waals surface area (Å²) in [5.74, 6) is 0.745. The van der Waals surface area contributed by atoms with Crippen LogP contribution in [0.2, 0.25) is 5.15 Å². The zero-order chi connectivity index (χ0) is 9.26. The van der Waals surface area contributed by atoms with Gasteiger partial charge in [-0.2, -0.15) is 0 Å². The van der Waals surface area contributed by atoms with E-state index < -0.39 is 0 Å². The first-order chi connectivity index (χ1) is 6.29. The second kappa shape index (κ2) is 3.52. The van der Waals surface area contributed by atoms with E-state index in [4.69, 9.17) is 21.4 Å². The predicted molar refractivity (Wildman–Crippen MR) is 49.1 cm³/mol. The molecule has 0 aromatic carbocycles. The number of hydrogen-bond acceptors (Lipinski definition) is 3. The lowest BCUT2D eigenvalue weighted by atomic mass is 10.0. The molecule has 1 aliphatic heterocycles. The van der Waals surface area contributed by atoms with Crippen LogP contribution in [-0.2, 0) is 6.42 Å². The van der Waals surface area contributed by atoms with Gasteiger partial charge in [0.25, 0.3) is 0 Å². The summed E-state index contributed by atoms with van der Waals surface area (Å²) in [6.45, 7) is 0.0576.